The van der Waals surface area contributed by atoms with E-state index in [2.05, 4.69) is 0 Å². The fraction of sp³-hybridized carbons (Fsp3) is 1.00. The fourth-order valence-electron chi connectivity index (χ4n) is 1.18. The highest BCUT2D eigenvalue weighted by atomic mass is 35.5. The first-order chi connectivity index (χ1) is 5.41. The van der Waals surface area contributed by atoms with Gasteiger partial charge in [-0.05, 0) is 0 Å². The minimum absolute atomic E-state index is 0.0475. The Hall–Kier alpha value is 0.320. The molecule has 0 unspecified atom stereocenters. The maximum absolute atomic E-state index is 11.2. The third kappa shape index (κ3) is 2.99. The maximum Gasteiger partial charge on any atom is 0.0850 e. The summed E-state index contributed by atoms with van der Waals surface area (Å²) >= 11 is 5.50. The fourth-order valence-corrected chi connectivity index (χ4v) is 2.88. The second kappa shape index (κ2) is 3.23. The molecule has 0 saturated carbocycles. The van der Waals surface area contributed by atoms with Crippen LogP contribution < -0.4 is 0 Å². The smallest absolute Gasteiger partial charge is 0.0850 e. The summed E-state index contributed by atoms with van der Waals surface area (Å²) in [5.74, 6) is 0.422. The summed E-state index contributed by atoms with van der Waals surface area (Å²) in [6.07, 6.45) is 0. The lowest BCUT2D eigenvalue weighted by molar-refractivity contribution is 0.280. The van der Waals surface area contributed by atoms with Crippen molar-refractivity contribution in [3.63, 3.8) is 0 Å². The van der Waals surface area contributed by atoms with Crippen molar-refractivity contribution in [3.05, 3.63) is 0 Å². The topological polar surface area (TPSA) is 60.8 Å². The Labute approximate surface area is 76.9 Å². The first kappa shape index (κ1) is 10.4. The normalized spacial score (nSPS) is 32.1. The van der Waals surface area contributed by atoms with Crippen LogP contribution in [0.15, 0.2) is 0 Å². The van der Waals surface area contributed by atoms with E-state index in [4.69, 9.17) is 11.6 Å². The number of halogens is 1. The molecule has 1 rings (SSSR count). The van der Waals surface area contributed by atoms with E-state index >= 15 is 0 Å². The van der Waals surface area contributed by atoms with Gasteiger partial charge in [0.15, 0.2) is 0 Å². The number of hydrogen-bond donors (Lipinski definition) is 2. The molecule has 0 aromatic rings. The number of hydrogen-bond acceptors (Lipinski definition) is 2. The van der Waals surface area contributed by atoms with Crippen molar-refractivity contribution >= 4 is 21.2 Å². The van der Waals surface area contributed by atoms with Crippen LogP contribution in [0.5, 0.6) is 0 Å². The van der Waals surface area contributed by atoms with E-state index in [-0.39, 0.29) is 11.5 Å². The van der Waals surface area contributed by atoms with Crippen LogP contribution in [0.1, 0.15) is 0 Å². The largest absolute Gasteiger partial charge is 0.308 e. The van der Waals surface area contributed by atoms with Gasteiger partial charge in [-0.15, -0.1) is 11.6 Å². The van der Waals surface area contributed by atoms with Gasteiger partial charge in [-0.25, -0.2) is 4.21 Å². The lowest BCUT2D eigenvalue weighted by atomic mass is 10.5. The average Bonchev–Trinajstić information content (AvgIpc) is 1.93. The Morgan fingerprint density at radius 2 is 1.83 bits per heavy atom. The summed E-state index contributed by atoms with van der Waals surface area (Å²) < 4.78 is 29.6. The van der Waals surface area contributed by atoms with E-state index in [0.29, 0.717) is 25.5 Å². The van der Waals surface area contributed by atoms with E-state index < -0.39 is 9.63 Å². The highest BCUT2D eigenvalue weighted by Gasteiger charge is 2.34. The van der Waals surface area contributed by atoms with Crippen molar-refractivity contribution in [1.29, 1.82) is 0 Å². The van der Waals surface area contributed by atoms with E-state index in [0.717, 1.165) is 0 Å². The molecule has 0 spiro atoms. The SMILES string of the molecule is O=S1(O)(O)CCN(CCCl)CC1. The molecule has 0 bridgehead atoms. The third-order valence-corrected chi connectivity index (χ3v) is 4.21. The summed E-state index contributed by atoms with van der Waals surface area (Å²) in [6.45, 7) is 1.61. The molecule has 0 aliphatic carbocycles. The van der Waals surface area contributed by atoms with Crippen LogP contribution in [-0.2, 0) is 9.63 Å². The summed E-state index contributed by atoms with van der Waals surface area (Å²) in [5.41, 5.74) is 0. The van der Waals surface area contributed by atoms with Crippen molar-refractivity contribution in [2.45, 2.75) is 0 Å². The molecule has 2 N–H and O–H groups in total. The molecule has 1 saturated heterocycles. The first-order valence-corrected chi connectivity index (χ1v) is 6.58. The van der Waals surface area contributed by atoms with Crippen molar-refractivity contribution in [2.24, 2.45) is 0 Å². The Morgan fingerprint density at radius 1 is 1.33 bits per heavy atom. The van der Waals surface area contributed by atoms with E-state index in [1.165, 1.54) is 0 Å². The molecular formula is C6H14ClNO3S. The van der Waals surface area contributed by atoms with Gasteiger partial charge in [0, 0.05) is 25.5 Å². The molecule has 1 heterocycles. The monoisotopic (exact) mass is 215 g/mol. The zero-order valence-electron chi connectivity index (χ0n) is 6.78. The molecule has 0 atom stereocenters. The molecule has 0 aromatic carbocycles. The third-order valence-electron chi connectivity index (χ3n) is 2.04. The van der Waals surface area contributed by atoms with E-state index in [9.17, 15) is 13.3 Å². The lowest BCUT2D eigenvalue weighted by Crippen LogP contribution is -2.52. The van der Waals surface area contributed by atoms with Gasteiger partial charge < -0.3 is 14.0 Å². The van der Waals surface area contributed by atoms with Gasteiger partial charge in [0.2, 0.25) is 0 Å². The van der Waals surface area contributed by atoms with Crippen molar-refractivity contribution < 1.29 is 13.3 Å². The van der Waals surface area contributed by atoms with Gasteiger partial charge in [-0.3, -0.25) is 0 Å². The Kier molecular flexibility index (Phi) is 2.80. The first-order valence-electron chi connectivity index (χ1n) is 3.83. The van der Waals surface area contributed by atoms with Crippen LogP contribution in [0.3, 0.4) is 0 Å². The number of nitrogens with zero attached hydrogens (tertiary/aromatic N) is 1. The van der Waals surface area contributed by atoms with Crippen LogP contribution in [0.4, 0.5) is 0 Å². The quantitative estimate of drug-likeness (QED) is 0.651. The molecule has 1 aliphatic heterocycles. The van der Waals surface area contributed by atoms with Crippen molar-refractivity contribution in [1.82, 2.24) is 4.90 Å². The summed E-state index contributed by atoms with van der Waals surface area (Å²) in [4.78, 5) is 1.97. The van der Waals surface area contributed by atoms with Gasteiger partial charge in [-0.2, -0.15) is 0 Å². The van der Waals surface area contributed by atoms with Gasteiger partial charge >= 0.3 is 0 Å². The Balaban J connectivity index is 2.45. The maximum atomic E-state index is 11.2. The summed E-state index contributed by atoms with van der Waals surface area (Å²) in [7, 11) is -4.22. The van der Waals surface area contributed by atoms with Gasteiger partial charge in [0.1, 0.15) is 0 Å². The predicted molar refractivity (Wildman–Crippen MR) is 50.3 cm³/mol. The summed E-state index contributed by atoms with van der Waals surface area (Å²) in [5, 5.41) is 0. The van der Waals surface area contributed by atoms with Crippen molar-refractivity contribution in [3.8, 4) is 0 Å². The molecule has 12 heavy (non-hydrogen) atoms. The Bertz CT molecular complexity index is 213. The van der Waals surface area contributed by atoms with Crippen LogP contribution in [-0.4, -0.2) is 55.2 Å². The average molecular weight is 216 g/mol. The van der Waals surface area contributed by atoms with Crippen LogP contribution in [0.25, 0.3) is 0 Å². The predicted octanol–water partition coefficient (Wildman–Crippen LogP) is 0.307. The molecular weight excluding hydrogens is 202 g/mol. The Morgan fingerprint density at radius 3 is 2.25 bits per heavy atom. The minimum Gasteiger partial charge on any atom is -0.308 e. The standard InChI is InChI=1S/C6H14ClNO3S/c7-1-2-8-3-5-12(9,10,11)6-4-8/h1-6H2,(H2,9,10,11). The van der Waals surface area contributed by atoms with E-state index in [1.54, 1.807) is 0 Å². The lowest BCUT2D eigenvalue weighted by Gasteiger charge is -2.39. The van der Waals surface area contributed by atoms with Crippen LogP contribution in [0.2, 0.25) is 0 Å². The number of alkyl halides is 1. The second-order valence-electron chi connectivity index (χ2n) is 3.13. The number of rotatable bonds is 2. The highest BCUT2D eigenvalue weighted by Crippen LogP contribution is 2.20. The zero-order chi connectivity index (χ0) is 9.27. The minimum atomic E-state index is -4.22. The van der Waals surface area contributed by atoms with Gasteiger partial charge in [0.25, 0.3) is 0 Å². The van der Waals surface area contributed by atoms with Gasteiger partial charge in [-0.1, -0.05) is 0 Å². The molecule has 1 fully saturated rings. The van der Waals surface area contributed by atoms with Crippen molar-refractivity contribution in [2.75, 3.05) is 37.0 Å². The molecule has 6 heteroatoms. The molecule has 0 radical (unpaired) electrons. The summed E-state index contributed by atoms with van der Waals surface area (Å²) in [6, 6.07) is 0. The molecule has 0 aromatic heterocycles. The molecule has 4 nitrogen and oxygen atoms in total. The second-order valence-corrected chi connectivity index (χ2v) is 6.69. The van der Waals surface area contributed by atoms with E-state index in [1.807, 2.05) is 4.90 Å². The molecule has 74 valence electrons. The molecule has 0 amide bonds. The molecule has 1 aliphatic rings. The zero-order valence-corrected chi connectivity index (χ0v) is 8.35. The highest BCUT2D eigenvalue weighted by molar-refractivity contribution is 8.10. The van der Waals surface area contributed by atoms with Gasteiger partial charge in [0.05, 0.1) is 21.1 Å². The van der Waals surface area contributed by atoms with Crippen LogP contribution >= 0.6 is 11.6 Å². The van der Waals surface area contributed by atoms with Crippen LogP contribution in [0, 0.1) is 0 Å².